The van der Waals surface area contributed by atoms with Crippen LogP contribution in [0.2, 0.25) is 0 Å². The van der Waals surface area contributed by atoms with Crippen LogP contribution in [0.1, 0.15) is 51.9 Å². The van der Waals surface area contributed by atoms with Gasteiger partial charge in [0.1, 0.15) is 0 Å². The maximum absolute atomic E-state index is 12.7. The third-order valence-corrected chi connectivity index (χ3v) is 7.16. The Labute approximate surface area is 122 Å². The molecule has 0 amide bonds. The molecule has 0 N–H and O–H groups in total. The fourth-order valence-corrected chi connectivity index (χ4v) is 5.59. The molecule has 0 bridgehead atoms. The molecule has 0 aromatic rings. The highest BCUT2D eigenvalue weighted by Crippen LogP contribution is 2.30. The van der Waals surface area contributed by atoms with Gasteiger partial charge in [-0.05, 0) is 32.6 Å². The highest BCUT2D eigenvalue weighted by Gasteiger charge is 2.38. The second-order valence-electron chi connectivity index (χ2n) is 5.85. The standard InChI is InChI=1S/C13H25ClN2O2S/c1-11-7-5-6-10-16(11)19(17,18)15(2)13-9-4-3-8-12(13)14/h11-13H,3-10H2,1-2H3. The van der Waals surface area contributed by atoms with Crippen LogP contribution in [0.4, 0.5) is 0 Å². The summed E-state index contributed by atoms with van der Waals surface area (Å²) in [6.45, 7) is 2.65. The molecule has 1 heterocycles. The quantitative estimate of drug-likeness (QED) is 0.752. The summed E-state index contributed by atoms with van der Waals surface area (Å²) >= 11 is 6.33. The summed E-state index contributed by atoms with van der Waals surface area (Å²) in [6.07, 6.45) is 7.03. The van der Waals surface area contributed by atoms with Gasteiger partial charge in [0.2, 0.25) is 0 Å². The maximum Gasteiger partial charge on any atom is 0.282 e. The van der Waals surface area contributed by atoms with E-state index in [9.17, 15) is 8.42 Å². The van der Waals surface area contributed by atoms with E-state index in [-0.39, 0.29) is 17.5 Å². The lowest BCUT2D eigenvalue weighted by Gasteiger charge is -2.40. The number of nitrogens with zero attached hydrogens (tertiary/aromatic N) is 2. The first-order valence-electron chi connectivity index (χ1n) is 7.33. The first-order chi connectivity index (χ1) is 8.94. The van der Waals surface area contributed by atoms with E-state index in [4.69, 9.17) is 11.6 Å². The number of hydrogen-bond acceptors (Lipinski definition) is 2. The van der Waals surface area contributed by atoms with Gasteiger partial charge in [0.15, 0.2) is 0 Å². The van der Waals surface area contributed by atoms with Gasteiger partial charge in [0.05, 0.1) is 5.38 Å². The van der Waals surface area contributed by atoms with Crippen molar-refractivity contribution in [1.29, 1.82) is 0 Å². The number of hydrogen-bond donors (Lipinski definition) is 0. The van der Waals surface area contributed by atoms with Crippen LogP contribution in [0.5, 0.6) is 0 Å². The number of halogens is 1. The Bertz CT molecular complexity index is 401. The molecular formula is C13H25ClN2O2S. The second kappa shape index (κ2) is 6.29. The van der Waals surface area contributed by atoms with E-state index in [0.29, 0.717) is 6.54 Å². The number of rotatable bonds is 3. The van der Waals surface area contributed by atoms with Gasteiger partial charge in [-0.2, -0.15) is 17.0 Å². The van der Waals surface area contributed by atoms with Gasteiger partial charge >= 0.3 is 0 Å². The molecule has 1 saturated carbocycles. The van der Waals surface area contributed by atoms with E-state index in [0.717, 1.165) is 44.9 Å². The summed E-state index contributed by atoms with van der Waals surface area (Å²) < 4.78 is 28.7. The first kappa shape index (κ1) is 15.5. The summed E-state index contributed by atoms with van der Waals surface area (Å²) in [5.74, 6) is 0. The minimum atomic E-state index is -3.36. The molecule has 1 aliphatic carbocycles. The Hall–Kier alpha value is 0.160. The molecule has 2 rings (SSSR count). The van der Waals surface area contributed by atoms with Gasteiger partial charge in [-0.15, -0.1) is 11.6 Å². The molecule has 2 aliphatic rings. The summed E-state index contributed by atoms with van der Waals surface area (Å²) in [5.41, 5.74) is 0. The van der Waals surface area contributed by atoms with Gasteiger partial charge in [0, 0.05) is 25.7 Å². The Kier molecular flexibility index (Phi) is 5.15. The Morgan fingerprint density at radius 2 is 1.74 bits per heavy atom. The lowest BCUT2D eigenvalue weighted by Crippen LogP contribution is -2.53. The van der Waals surface area contributed by atoms with Crippen LogP contribution >= 0.6 is 11.6 Å². The third-order valence-electron chi connectivity index (χ3n) is 4.52. The fraction of sp³-hybridized carbons (Fsp3) is 1.00. The molecule has 1 saturated heterocycles. The van der Waals surface area contributed by atoms with Crippen LogP contribution in [-0.2, 0) is 10.2 Å². The summed E-state index contributed by atoms with van der Waals surface area (Å²) in [4.78, 5) is 0. The largest absolute Gasteiger partial charge is 0.282 e. The first-order valence-corrected chi connectivity index (χ1v) is 9.17. The van der Waals surface area contributed by atoms with E-state index in [1.807, 2.05) is 6.92 Å². The van der Waals surface area contributed by atoms with Crippen molar-refractivity contribution < 1.29 is 8.42 Å². The molecule has 3 unspecified atom stereocenters. The van der Waals surface area contributed by atoms with Gasteiger partial charge in [-0.1, -0.05) is 19.3 Å². The zero-order chi connectivity index (χ0) is 14.0. The zero-order valence-electron chi connectivity index (χ0n) is 11.9. The molecule has 0 aromatic heterocycles. The SMILES string of the molecule is CC1CCCCN1S(=O)(=O)N(C)C1CCCCC1Cl. The average molecular weight is 309 g/mol. The predicted molar refractivity (Wildman–Crippen MR) is 78.6 cm³/mol. The van der Waals surface area contributed by atoms with E-state index < -0.39 is 10.2 Å². The fourth-order valence-electron chi connectivity index (χ4n) is 3.23. The summed E-state index contributed by atoms with van der Waals surface area (Å²) in [5, 5.41) is -0.0476. The topological polar surface area (TPSA) is 40.6 Å². The van der Waals surface area contributed by atoms with Crippen molar-refractivity contribution in [1.82, 2.24) is 8.61 Å². The lowest BCUT2D eigenvalue weighted by atomic mass is 9.95. The van der Waals surface area contributed by atoms with Crippen molar-refractivity contribution in [2.45, 2.75) is 69.3 Å². The average Bonchev–Trinajstić information content (AvgIpc) is 2.39. The van der Waals surface area contributed by atoms with Crippen molar-refractivity contribution in [2.24, 2.45) is 0 Å². The van der Waals surface area contributed by atoms with Gasteiger partial charge in [-0.3, -0.25) is 0 Å². The minimum Gasteiger partial charge on any atom is -0.195 e. The van der Waals surface area contributed by atoms with Crippen LogP contribution in [0, 0.1) is 0 Å². The Balaban J connectivity index is 2.13. The van der Waals surface area contributed by atoms with Crippen LogP contribution in [0.3, 0.4) is 0 Å². The molecule has 0 aromatic carbocycles. The van der Waals surface area contributed by atoms with Gasteiger partial charge < -0.3 is 0 Å². The van der Waals surface area contributed by atoms with Crippen LogP contribution in [-0.4, -0.2) is 48.1 Å². The van der Waals surface area contributed by atoms with Gasteiger partial charge in [0.25, 0.3) is 10.2 Å². The van der Waals surface area contributed by atoms with Crippen molar-refractivity contribution in [3.63, 3.8) is 0 Å². The molecule has 2 fully saturated rings. The Morgan fingerprint density at radius 1 is 1.11 bits per heavy atom. The smallest absolute Gasteiger partial charge is 0.195 e. The third kappa shape index (κ3) is 3.26. The van der Waals surface area contributed by atoms with Crippen LogP contribution in [0.15, 0.2) is 0 Å². The van der Waals surface area contributed by atoms with Crippen molar-refractivity contribution >= 4 is 21.8 Å². The number of alkyl halides is 1. The monoisotopic (exact) mass is 308 g/mol. The Morgan fingerprint density at radius 3 is 2.37 bits per heavy atom. The summed E-state index contributed by atoms with van der Waals surface area (Å²) in [6, 6.07) is 0.0631. The molecule has 0 radical (unpaired) electrons. The van der Waals surface area contributed by atoms with Crippen molar-refractivity contribution in [3.05, 3.63) is 0 Å². The normalized spacial score (nSPS) is 34.6. The molecule has 0 spiro atoms. The van der Waals surface area contributed by atoms with E-state index >= 15 is 0 Å². The van der Waals surface area contributed by atoms with Crippen molar-refractivity contribution in [2.75, 3.05) is 13.6 Å². The van der Waals surface area contributed by atoms with Crippen LogP contribution < -0.4 is 0 Å². The minimum absolute atomic E-state index is 0.0467. The molecule has 6 heteroatoms. The lowest BCUT2D eigenvalue weighted by molar-refractivity contribution is 0.224. The van der Waals surface area contributed by atoms with E-state index in [1.54, 1.807) is 11.4 Å². The molecule has 1 aliphatic heterocycles. The number of piperidine rings is 1. The second-order valence-corrected chi connectivity index (χ2v) is 8.35. The molecular weight excluding hydrogens is 284 g/mol. The molecule has 4 nitrogen and oxygen atoms in total. The molecule has 3 atom stereocenters. The van der Waals surface area contributed by atoms with Crippen LogP contribution in [0.25, 0.3) is 0 Å². The van der Waals surface area contributed by atoms with Crippen molar-refractivity contribution in [3.8, 4) is 0 Å². The zero-order valence-corrected chi connectivity index (χ0v) is 13.5. The highest BCUT2D eigenvalue weighted by atomic mass is 35.5. The molecule has 19 heavy (non-hydrogen) atoms. The summed E-state index contributed by atoms with van der Waals surface area (Å²) in [7, 11) is -1.67. The maximum atomic E-state index is 12.7. The van der Waals surface area contributed by atoms with Gasteiger partial charge in [-0.25, -0.2) is 0 Å². The highest BCUT2D eigenvalue weighted by molar-refractivity contribution is 7.86. The predicted octanol–water partition coefficient (Wildman–Crippen LogP) is 2.59. The van der Waals surface area contributed by atoms with E-state index in [2.05, 4.69) is 0 Å². The van der Waals surface area contributed by atoms with E-state index in [1.165, 1.54) is 4.31 Å². The molecule has 112 valence electrons.